The third kappa shape index (κ3) is 3.01. The zero-order valence-electron chi connectivity index (χ0n) is 10.6. The topological polar surface area (TPSA) is 94.0 Å². The number of carbonyl (C=O) groups excluding carboxylic acids is 1. The Bertz CT molecular complexity index is 583. The molecule has 1 heterocycles. The van der Waals surface area contributed by atoms with Crippen molar-refractivity contribution in [1.82, 2.24) is 4.98 Å². The number of anilines is 2. The van der Waals surface area contributed by atoms with Crippen LogP contribution in [0, 0.1) is 0 Å². The van der Waals surface area contributed by atoms with Gasteiger partial charge in [0, 0.05) is 24.0 Å². The summed E-state index contributed by atoms with van der Waals surface area (Å²) in [6, 6.07) is 8.84. The number of hydrogen-bond acceptors (Lipinski definition) is 4. The fourth-order valence-electron chi connectivity index (χ4n) is 1.80. The molecular weight excluding hydrogens is 240 g/mol. The van der Waals surface area contributed by atoms with Crippen molar-refractivity contribution in [3.05, 3.63) is 53.9 Å². The minimum Gasteiger partial charge on any atom is -0.397 e. The summed E-state index contributed by atoms with van der Waals surface area (Å²) in [5, 5.41) is 3.26. The van der Waals surface area contributed by atoms with E-state index < -0.39 is 5.91 Å². The number of aromatic nitrogens is 1. The molecule has 0 radical (unpaired) electrons. The number of hydrogen-bond donors (Lipinski definition) is 3. The minimum atomic E-state index is -0.473. The van der Waals surface area contributed by atoms with E-state index in [0.29, 0.717) is 16.9 Å². The molecule has 2 rings (SSSR count). The van der Waals surface area contributed by atoms with Crippen LogP contribution in [0.25, 0.3) is 0 Å². The Hall–Kier alpha value is -2.56. The van der Waals surface area contributed by atoms with Gasteiger partial charge in [-0.05, 0) is 42.8 Å². The highest BCUT2D eigenvalue weighted by Crippen LogP contribution is 2.25. The molecule has 1 unspecified atom stereocenters. The molecule has 0 aliphatic rings. The third-order valence-corrected chi connectivity index (χ3v) is 2.92. The number of primary amides is 1. The van der Waals surface area contributed by atoms with Crippen molar-refractivity contribution in [1.29, 1.82) is 0 Å². The van der Waals surface area contributed by atoms with Gasteiger partial charge in [-0.1, -0.05) is 0 Å². The van der Waals surface area contributed by atoms with Crippen LogP contribution in [0.5, 0.6) is 0 Å². The van der Waals surface area contributed by atoms with Crippen LogP contribution in [0.15, 0.2) is 42.7 Å². The molecule has 1 amide bonds. The average molecular weight is 256 g/mol. The summed E-state index contributed by atoms with van der Waals surface area (Å²) in [6.45, 7) is 2.01. The van der Waals surface area contributed by atoms with Crippen LogP contribution >= 0.6 is 0 Å². The highest BCUT2D eigenvalue weighted by atomic mass is 16.1. The summed E-state index contributed by atoms with van der Waals surface area (Å²) in [6.07, 6.45) is 3.47. The molecule has 0 saturated heterocycles. The molecule has 1 aromatic carbocycles. The number of carbonyl (C=O) groups is 1. The Morgan fingerprint density at radius 1 is 1.26 bits per heavy atom. The molecule has 0 saturated carbocycles. The minimum absolute atomic E-state index is 0.0495. The van der Waals surface area contributed by atoms with Crippen LogP contribution in [0.1, 0.15) is 28.9 Å². The van der Waals surface area contributed by atoms with Crippen molar-refractivity contribution < 1.29 is 4.79 Å². The average Bonchev–Trinajstić information content (AvgIpc) is 2.42. The molecule has 0 bridgehead atoms. The van der Waals surface area contributed by atoms with Gasteiger partial charge in [0.1, 0.15) is 0 Å². The zero-order chi connectivity index (χ0) is 13.8. The predicted molar refractivity (Wildman–Crippen MR) is 75.6 cm³/mol. The van der Waals surface area contributed by atoms with Gasteiger partial charge < -0.3 is 16.8 Å². The Morgan fingerprint density at radius 2 is 1.95 bits per heavy atom. The van der Waals surface area contributed by atoms with Gasteiger partial charge in [-0.25, -0.2) is 0 Å². The smallest absolute Gasteiger partial charge is 0.248 e. The summed E-state index contributed by atoms with van der Waals surface area (Å²) in [7, 11) is 0. The van der Waals surface area contributed by atoms with Crippen LogP contribution in [0.2, 0.25) is 0 Å². The van der Waals surface area contributed by atoms with Gasteiger partial charge in [0.2, 0.25) is 5.91 Å². The summed E-state index contributed by atoms with van der Waals surface area (Å²) in [5.41, 5.74) is 13.9. The van der Waals surface area contributed by atoms with Gasteiger partial charge in [0.15, 0.2) is 0 Å². The maximum absolute atomic E-state index is 11.2. The van der Waals surface area contributed by atoms with Gasteiger partial charge >= 0.3 is 0 Å². The molecule has 0 spiro atoms. The first kappa shape index (κ1) is 12.9. The second-order valence-electron chi connectivity index (χ2n) is 4.31. The van der Waals surface area contributed by atoms with Gasteiger partial charge in [-0.3, -0.25) is 9.78 Å². The molecular formula is C14H16N4O. The van der Waals surface area contributed by atoms with Crippen molar-refractivity contribution >= 4 is 17.3 Å². The molecule has 5 N–H and O–H groups in total. The van der Waals surface area contributed by atoms with Crippen molar-refractivity contribution in [2.75, 3.05) is 11.1 Å². The maximum atomic E-state index is 11.2. The Labute approximate surface area is 111 Å². The first-order chi connectivity index (χ1) is 9.08. The number of nitrogens with zero attached hydrogens (tertiary/aromatic N) is 1. The lowest BCUT2D eigenvalue weighted by atomic mass is 10.1. The fourth-order valence-corrected chi connectivity index (χ4v) is 1.80. The number of amides is 1. The van der Waals surface area contributed by atoms with E-state index in [-0.39, 0.29) is 6.04 Å². The lowest BCUT2D eigenvalue weighted by Gasteiger charge is -2.17. The van der Waals surface area contributed by atoms with Gasteiger partial charge in [0.05, 0.1) is 11.4 Å². The first-order valence-corrected chi connectivity index (χ1v) is 5.93. The molecule has 1 aromatic heterocycles. The quantitative estimate of drug-likeness (QED) is 0.728. The van der Waals surface area contributed by atoms with E-state index in [1.54, 1.807) is 30.6 Å². The van der Waals surface area contributed by atoms with E-state index in [2.05, 4.69) is 10.3 Å². The van der Waals surface area contributed by atoms with Gasteiger partial charge in [0.25, 0.3) is 0 Å². The molecule has 5 nitrogen and oxygen atoms in total. The molecule has 19 heavy (non-hydrogen) atoms. The second-order valence-corrected chi connectivity index (χ2v) is 4.31. The number of rotatable bonds is 4. The predicted octanol–water partition coefficient (Wildman–Crippen LogP) is 1.94. The first-order valence-electron chi connectivity index (χ1n) is 5.93. The lowest BCUT2D eigenvalue weighted by molar-refractivity contribution is 0.100. The molecule has 0 aliphatic carbocycles. The van der Waals surface area contributed by atoms with Crippen molar-refractivity contribution in [2.45, 2.75) is 13.0 Å². The molecule has 98 valence electrons. The highest BCUT2D eigenvalue weighted by molar-refractivity contribution is 5.94. The zero-order valence-corrected chi connectivity index (χ0v) is 10.6. The van der Waals surface area contributed by atoms with Crippen molar-refractivity contribution in [3.8, 4) is 0 Å². The fraction of sp³-hybridized carbons (Fsp3) is 0.143. The van der Waals surface area contributed by atoms with Gasteiger partial charge in [-0.2, -0.15) is 0 Å². The van der Waals surface area contributed by atoms with Crippen LogP contribution in [-0.2, 0) is 0 Å². The van der Waals surface area contributed by atoms with Crippen molar-refractivity contribution in [2.24, 2.45) is 5.73 Å². The third-order valence-electron chi connectivity index (χ3n) is 2.92. The largest absolute Gasteiger partial charge is 0.397 e. The standard InChI is InChI=1S/C14H16N4O/c1-9(10-4-6-17-7-5-10)18-13-8-11(14(16)19)2-3-12(13)15/h2-9,18H,15H2,1H3,(H2,16,19). The number of nitrogens with one attached hydrogen (secondary N) is 1. The molecule has 2 aromatic rings. The SMILES string of the molecule is CC(Nc1cc(C(N)=O)ccc1N)c1ccncc1. The number of nitrogens with two attached hydrogens (primary N) is 2. The number of benzene rings is 1. The lowest BCUT2D eigenvalue weighted by Crippen LogP contribution is -2.13. The summed E-state index contributed by atoms with van der Waals surface area (Å²) in [5.74, 6) is -0.473. The van der Waals surface area contributed by atoms with Crippen LogP contribution < -0.4 is 16.8 Å². The Morgan fingerprint density at radius 3 is 2.58 bits per heavy atom. The van der Waals surface area contributed by atoms with Crippen molar-refractivity contribution in [3.63, 3.8) is 0 Å². The highest BCUT2D eigenvalue weighted by Gasteiger charge is 2.09. The normalized spacial score (nSPS) is 11.8. The summed E-state index contributed by atoms with van der Waals surface area (Å²) >= 11 is 0. The summed E-state index contributed by atoms with van der Waals surface area (Å²) < 4.78 is 0. The van der Waals surface area contributed by atoms with Crippen LogP contribution in [0.4, 0.5) is 11.4 Å². The molecule has 0 aliphatic heterocycles. The molecule has 1 atom stereocenters. The van der Waals surface area contributed by atoms with Crippen LogP contribution in [-0.4, -0.2) is 10.9 Å². The summed E-state index contributed by atoms with van der Waals surface area (Å²) in [4.78, 5) is 15.1. The van der Waals surface area contributed by atoms with E-state index in [1.807, 2.05) is 19.1 Å². The van der Waals surface area contributed by atoms with E-state index in [4.69, 9.17) is 11.5 Å². The van der Waals surface area contributed by atoms with E-state index in [1.165, 1.54) is 0 Å². The molecule has 0 fully saturated rings. The Balaban J connectivity index is 2.23. The number of pyridine rings is 1. The maximum Gasteiger partial charge on any atom is 0.248 e. The van der Waals surface area contributed by atoms with Crippen LogP contribution in [0.3, 0.4) is 0 Å². The van der Waals surface area contributed by atoms with E-state index >= 15 is 0 Å². The van der Waals surface area contributed by atoms with E-state index in [9.17, 15) is 4.79 Å². The number of nitrogen functional groups attached to an aromatic ring is 1. The monoisotopic (exact) mass is 256 g/mol. The Kier molecular flexibility index (Phi) is 3.66. The van der Waals surface area contributed by atoms with E-state index in [0.717, 1.165) is 5.56 Å². The van der Waals surface area contributed by atoms with Gasteiger partial charge in [-0.15, -0.1) is 0 Å². The second kappa shape index (κ2) is 5.39. The molecule has 5 heteroatoms.